The van der Waals surface area contributed by atoms with Crippen LogP contribution in [0.3, 0.4) is 0 Å². The predicted molar refractivity (Wildman–Crippen MR) is 56.1 cm³/mol. The van der Waals surface area contributed by atoms with Gasteiger partial charge in [-0.1, -0.05) is 12.1 Å². The van der Waals surface area contributed by atoms with Crippen molar-refractivity contribution in [2.75, 3.05) is 6.61 Å². The Morgan fingerprint density at radius 1 is 1.47 bits per heavy atom. The van der Waals surface area contributed by atoms with Crippen molar-refractivity contribution in [1.82, 2.24) is 0 Å². The Morgan fingerprint density at radius 2 is 2.20 bits per heavy atom. The molecule has 0 aliphatic rings. The molecule has 0 saturated carbocycles. The summed E-state index contributed by atoms with van der Waals surface area (Å²) >= 11 is 0. The normalized spacial score (nSPS) is 10.1. The summed E-state index contributed by atoms with van der Waals surface area (Å²) in [5.41, 5.74) is 1.48. The van der Waals surface area contributed by atoms with Crippen LogP contribution in [0.4, 0.5) is 4.39 Å². The summed E-state index contributed by atoms with van der Waals surface area (Å²) in [5, 5.41) is 0. The Morgan fingerprint density at radius 3 is 2.80 bits per heavy atom. The summed E-state index contributed by atoms with van der Waals surface area (Å²) in [4.78, 5) is 11.1. The van der Waals surface area contributed by atoms with Gasteiger partial charge in [-0.2, -0.15) is 0 Å². The van der Waals surface area contributed by atoms with E-state index in [2.05, 4.69) is 0 Å². The van der Waals surface area contributed by atoms with Crippen LogP contribution in [0.25, 0.3) is 0 Å². The zero-order valence-electron chi connectivity index (χ0n) is 9.05. The molecule has 0 aliphatic heterocycles. The third kappa shape index (κ3) is 3.35. The number of benzene rings is 1. The third-order valence-electron chi connectivity index (χ3n) is 2.24. The van der Waals surface area contributed by atoms with E-state index in [1.807, 2.05) is 13.0 Å². The fourth-order valence-corrected chi connectivity index (χ4v) is 1.44. The molecule has 0 aromatic heterocycles. The molecule has 0 saturated heterocycles. The van der Waals surface area contributed by atoms with E-state index in [0.29, 0.717) is 18.6 Å². The maximum atomic E-state index is 13.3. The van der Waals surface area contributed by atoms with Gasteiger partial charge in [-0.3, -0.25) is 4.79 Å². The minimum Gasteiger partial charge on any atom is -0.466 e. The summed E-state index contributed by atoms with van der Waals surface area (Å²) in [7, 11) is 0. The Bertz CT molecular complexity index is 327. The Hall–Kier alpha value is -1.38. The fraction of sp³-hybridized carbons (Fsp3) is 0.417. The summed E-state index contributed by atoms with van der Waals surface area (Å²) in [6, 6.07) is 4.91. The zero-order valence-corrected chi connectivity index (χ0v) is 9.05. The van der Waals surface area contributed by atoms with Gasteiger partial charge in [0.15, 0.2) is 0 Å². The van der Waals surface area contributed by atoms with Crippen molar-refractivity contribution in [3.05, 3.63) is 35.1 Å². The lowest BCUT2D eigenvalue weighted by Crippen LogP contribution is -2.06. The number of carbonyl (C=O) groups excluding carboxylic acids is 1. The summed E-state index contributed by atoms with van der Waals surface area (Å²) in [5.74, 6) is -0.528. The fourth-order valence-electron chi connectivity index (χ4n) is 1.44. The third-order valence-corrected chi connectivity index (χ3v) is 2.24. The number of aryl methyl sites for hydroxylation is 1. The van der Waals surface area contributed by atoms with Crippen LogP contribution in [-0.4, -0.2) is 12.6 Å². The molecule has 0 aliphatic carbocycles. The molecule has 0 heterocycles. The highest BCUT2D eigenvalue weighted by Gasteiger charge is 2.08. The first kappa shape index (κ1) is 11.7. The Labute approximate surface area is 89.1 Å². The van der Waals surface area contributed by atoms with Crippen LogP contribution in [-0.2, 0) is 16.0 Å². The molecule has 0 unspecified atom stereocenters. The van der Waals surface area contributed by atoms with Crippen LogP contribution in [0.15, 0.2) is 18.2 Å². The highest BCUT2D eigenvalue weighted by Crippen LogP contribution is 2.14. The predicted octanol–water partition coefficient (Wildman–Crippen LogP) is 2.63. The number of carbonyl (C=O) groups is 1. The molecular weight excluding hydrogens is 195 g/mol. The van der Waals surface area contributed by atoms with Crippen molar-refractivity contribution < 1.29 is 13.9 Å². The van der Waals surface area contributed by atoms with Gasteiger partial charge in [0, 0.05) is 6.42 Å². The lowest BCUT2D eigenvalue weighted by molar-refractivity contribution is -0.143. The number of halogens is 1. The molecule has 1 rings (SSSR count). The second-order valence-corrected chi connectivity index (χ2v) is 3.34. The Balaban J connectivity index is 2.61. The van der Waals surface area contributed by atoms with Gasteiger partial charge in [0.05, 0.1) is 6.61 Å². The van der Waals surface area contributed by atoms with Crippen LogP contribution in [0.1, 0.15) is 24.5 Å². The number of hydrogen-bond donors (Lipinski definition) is 0. The molecule has 0 N–H and O–H groups in total. The van der Waals surface area contributed by atoms with Crippen molar-refractivity contribution in [3.63, 3.8) is 0 Å². The van der Waals surface area contributed by atoms with Gasteiger partial charge in [0.25, 0.3) is 0 Å². The molecule has 1 aromatic carbocycles. The van der Waals surface area contributed by atoms with Crippen molar-refractivity contribution in [2.45, 2.75) is 26.7 Å². The minimum atomic E-state index is -0.278. The maximum Gasteiger partial charge on any atom is 0.306 e. The maximum absolute atomic E-state index is 13.3. The van der Waals surface area contributed by atoms with Gasteiger partial charge in [-0.15, -0.1) is 0 Å². The van der Waals surface area contributed by atoms with Crippen molar-refractivity contribution >= 4 is 5.97 Å². The van der Waals surface area contributed by atoms with E-state index >= 15 is 0 Å². The largest absolute Gasteiger partial charge is 0.466 e. The lowest BCUT2D eigenvalue weighted by Gasteiger charge is -2.06. The van der Waals surface area contributed by atoms with Crippen molar-refractivity contribution in [1.29, 1.82) is 0 Å². The second kappa shape index (κ2) is 5.49. The molecule has 0 fully saturated rings. The van der Waals surface area contributed by atoms with Gasteiger partial charge < -0.3 is 4.74 Å². The molecular formula is C12H15FO2. The molecule has 82 valence electrons. The molecule has 0 amide bonds. The van der Waals surface area contributed by atoms with E-state index in [-0.39, 0.29) is 18.2 Å². The molecule has 3 heteroatoms. The first-order valence-corrected chi connectivity index (χ1v) is 5.04. The van der Waals surface area contributed by atoms with E-state index in [9.17, 15) is 9.18 Å². The van der Waals surface area contributed by atoms with Crippen LogP contribution in [0.2, 0.25) is 0 Å². The van der Waals surface area contributed by atoms with Gasteiger partial charge in [0.2, 0.25) is 0 Å². The van der Waals surface area contributed by atoms with E-state index in [0.717, 1.165) is 5.56 Å². The SMILES string of the molecule is CCOC(=O)CCc1c(C)cccc1F. The smallest absolute Gasteiger partial charge is 0.306 e. The van der Waals surface area contributed by atoms with Crippen molar-refractivity contribution in [3.8, 4) is 0 Å². The molecule has 1 aromatic rings. The first-order valence-electron chi connectivity index (χ1n) is 5.04. The quantitative estimate of drug-likeness (QED) is 0.714. The number of esters is 1. The monoisotopic (exact) mass is 210 g/mol. The van der Waals surface area contributed by atoms with E-state index in [1.165, 1.54) is 6.07 Å². The average Bonchev–Trinajstić information content (AvgIpc) is 2.17. The Kier molecular flexibility index (Phi) is 4.28. The molecule has 0 atom stereocenters. The summed E-state index contributed by atoms with van der Waals surface area (Å²) in [6.07, 6.45) is 0.632. The van der Waals surface area contributed by atoms with Crippen molar-refractivity contribution in [2.24, 2.45) is 0 Å². The summed E-state index contributed by atoms with van der Waals surface area (Å²) in [6.45, 7) is 3.96. The summed E-state index contributed by atoms with van der Waals surface area (Å²) < 4.78 is 18.1. The van der Waals surface area contributed by atoms with E-state index in [4.69, 9.17) is 4.74 Å². The minimum absolute atomic E-state index is 0.232. The first-order chi connectivity index (χ1) is 7.15. The van der Waals surface area contributed by atoms with E-state index < -0.39 is 0 Å². The average molecular weight is 210 g/mol. The molecule has 2 nitrogen and oxygen atoms in total. The van der Waals surface area contributed by atoms with Crippen LogP contribution >= 0.6 is 0 Å². The molecule has 0 spiro atoms. The van der Waals surface area contributed by atoms with Gasteiger partial charge in [-0.25, -0.2) is 4.39 Å². The lowest BCUT2D eigenvalue weighted by atomic mass is 10.0. The van der Waals surface area contributed by atoms with Crippen LogP contribution in [0.5, 0.6) is 0 Å². The molecule has 15 heavy (non-hydrogen) atoms. The highest BCUT2D eigenvalue weighted by atomic mass is 19.1. The molecule has 0 bridgehead atoms. The highest BCUT2D eigenvalue weighted by molar-refractivity contribution is 5.69. The van der Waals surface area contributed by atoms with Crippen LogP contribution in [0, 0.1) is 12.7 Å². The molecule has 0 radical (unpaired) electrons. The van der Waals surface area contributed by atoms with Crippen LogP contribution < -0.4 is 0 Å². The zero-order chi connectivity index (χ0) is 11.3. The number of ether oxygens (including phenoxy) is 1. The topological polar surface area (TPSA) is 26.3 Å². The van der Waals surface area contributed by atoms with Gasteiger partial charge >= 0.3 is 5.97 Å². The second-order valence-electron chi connectivity index (χ2n) is 3.34. The van der Waals surface area contributed by atoms with Gasteiger partial charge in [-0.05, 0) is 37.5 Å². The number of hydrogen-bond acceptors (Lipinski definition) is 2. The number of rotatable bonds is 4. The van der Waals surface area contributed by atoms with E-state index in [1.54, 1.807) is 13.0 Å². The standard InChI is InChI=1S/C12H15FO2/c1-3-15-12(14)8-7-10-9(2)5-4-6-11(10)13/h4-6H,3,7-8H2,1-2H3. The van der Waals surface area contributed by atoms with Gasteiger partial charge in [0.1, 0.15) is 5.82 Å².